The molecule has 53 heavy (non-hydrogen) atoms. The predicted molar refractivity (Wildman–Crippen MR) is 227 cm³/mol. The summed E-state index contributed by atoms with van der Waals surface area (Å²) in [6.07, 6.45) is 15.3. The zero-order valence-corrected chi connectivity index (χ0v) is 36.3. The van der Waals surface area contributed by atoms with Gasteiger partial charge in [0, 0.05) is 20.4 Å². The van der Waals surface area contributed by atoms with Crippen molar-refractivity contribution in [2.75, 3.05) is 12.0 Å². The van der Waals surface area contributed by atoms with Crippen LogP contribution in [0.4, 0.5) is 5.69 Å². The van der Waals surface area contributed by atoms with E-state index in [1.165, 1.54) is 69.8 Å². The van der Waals surface area contributed by atoms with Crippen LogP contribution in [0.5, 0.6) is 0 Å². The van der Waals surface area contributed by atoms with Crippen LogP contribution < -0.4 is 11.0 Å². The zero-order valence-electron chi connectivity index (χ0n) is 33.1. The molecule has 0 unspecified atom stereocenters. The third-order valence-corrected chi connectivity index (χ3v) is 14.0. The standard InChI is InChI=1S/C33H49P.C12H10N.CH4O3S.Pd/c1-23(2)26-21-30(24(3)4)33(31(22-26)25(5)6)29-19-13-14-20-32(29)34(27-15-9-7-10-16-27)28-17-11-8-12-18-28;13-12-9-5-4-8-11(12)10-6-2-1-3-7-10;1-5(2,3)4;/h13-14,19-25,27-28H,7-12,15-18H2,1-6H3;1-6,8-9H,13H2;1H3,(H,2,3,4);/q;-1;;. The summed E-state index contributed by atoms with van der Waals surface area (Å²) in [6.45, 7) is 14.3. The number of hydrogen-bond acceptors (Lipinski definition) is 3. The summed E-state index contributed by atoms with van der Waals surface area (Å²) >= 11 is 0. The maximum atomic E-state index is 9.19. The number of hydrogen-bond donors (Lipinski definition) is 2. The fourth-order valence-corrected chi connectivity index (χ4v) is 11.8. The van der Waals surface area contributed by atoms with Crippen molar-refractivity contribution in [1.29, 1.82) is 0 Å². The fraction of sp³-hybridized carbons (Fsp3) is 0.478. The second-order valence-corrected chi connectivity index (χ2v) is 19.9. The molecule has 0 heterocycles. The van der Waals surface area contributed by atoms with Crippen LogP contribution >= 0.6 is 7.92 Å². The maximum absolute atomic E-state index is 9.19. The SMILES string of the molecule is CC(C)c1cc(C(C)C)c(-c2ccccc2P(C2CCCCC2)C2CCCCC2)c(C(C)C)c1.CS(=O)(=O)O.Nc1ccccc1-c1[c-]cccc1.[Pd]. The van der Waals surface area contributed by atoms with Crippen LogP contribution in [0.15, 0.2) is 84.9 Å². The third kappa shape index (κ3) is 13.4. The van der Waals surface area contributed by atoms with E-state index in [-0.39, 0.29) is 28.3 Å². The summed E-state index contributed by atoms with van der Waals surface area (Å²) < 4.78 is 25.9. The second kappa shape index (κ2) is 21.7. The van der Waals surface area contributed by atoms with E-state index in [9.17, 15) is 8.42 Å². The summed E-state index contributed by atoms with van der Waals surface area (Å²) in [5, 5.41) is 1.75. The Balaban J connectivity index is 0.000000327. The first kappa shape index (κ1) is 45.1. The van der Waals surface area contributed by atoms with Gasteiger partial charge in [-0.15, -0.1) is 35.9 Å². The number of para-hydroxylation sites is 1. The van der Waals surface area contributed by atoms with Crippen molar-refractivity contribution in [2.45, 2.75) is 135 Å². The monoisotopic (exact) mass is 846 g/mol. The van der Waals surface area contributed by atoms with Crippen molar-refractivity contribution in [2.24, 2.45) is 0 Å². The first-order valence-corrected chi connectivity index (χ1v) is 22.9. The van der Waals surface area contributed by atoms with Crippen LogP contribution in [0.25, 0.3) is 22.3 Å². The van der Waals surface area contributed by atoms with Crippen molar-refractivity contribution < 1.29 is 33.4 Å². The molecule has 0 saturated heterocycles. The van der Waals surface area contributed by atoms with Crippen LogP contribution in [0, 0.1) is 6.07 Å². The van der Waals surface area contributed by atoms with Crippen LogP contribution in [0.1, 0.15) is 140 Å². The molecule has 2 aliphatic carbocycles. The number of nitrogens with two attached hydrogens (primary N) is 1. The van der Waals surface area contributed by atoms with Crippen molar-refractivity contribution in [3.63, 3.8) is 0 Å². The molecule has 2 fully saturated rings. The largest absolute Gasteiger partial charge is 0.406 e. The summed E-state index contributed by atoms with van der Waals surface area (Å²) in [4.78, 5) is 0. The molecule has 0 radical (unpaired) electrons. The van der Waals surface area contributed by atoms with Crippen molar-refractivity contribution in [3.05, 3.63) is 108 Å². The molecule has 4 aromatic rings. The Morgan fingerprint density at radius 1 is 0.679 bits per heavy atom. The van der Waals surface area contributed by atoms with Gasteiger partial charge in [0.1, 0.15) is 0 Å². The molecule has 4 nitrogen and oxygen atoms in total. The molecule has 0 amide bonds. The molecule has 0 bridgehead atoms. The van der Waals surface area contributed by atoms with Gasteiger partial charge in [0.05, 0.1) is 6.26 Å². The molecule has 3 N–H and O–H groups in total. The Kier molecular flexibility index (Phi) is 18.4. The molecule has 7 heteroatoms. The molecule has 0 spiro atoms. The van der Waals surface area contributed by atoms with E-state index in [1.807, 2.05) is 48.5 Å². The molecule has 2 saturated carbocycles. The molecule has 292 valence electrons. The average Bonchev–Trinajstić information content (AvgIpc) is 3.12. The molecular formula is C46H63NO3PPdS-. The number of benzene rings is 4. The minimum absolute atomic E-state index is 0. The molecular weight excluding hydrogens is 784 g/mol. The molecule has 0 atom stereocenters. The van der Waals surface area contributed by atoms with Gasteiger partial charge in [-0.1, -0.05) is 148 Å². The first-order chi connectivity index (χ1) is 24.8. The summed E-state index contributed by atoms with van der Waals surface area (Å²) in [5.41, 5.74) is 18.4. The summed E-state index contributed by atoms with van der Waals surface area (Å²) in [6, 6.07) is 33.6. The van der Waals surface area contributed by atoms with Gasteiger partial charge in [0.2, 0.25) is 0 Å². The Hall–Kier alpha value is -2.32. The van der Waals surface area contributed by atoms with Gasteiger partial charge in [-0.3, -0.25) is 4.55 Å². The van der Waals surface area contributed by atoms with Gasteiger partial charge < -0.3 is 5.73 Å². The first-order valence-electron chi connectivity index (χ1n) is 19.6. The molecule has 2 aliphatic rings. The number of nitrogen functional groups attached to an aromatic ring is 1. The zero-order chi connectivity index (χ0) is 37.8. The maximum Gasteiger partial charge on any atom is 0.261 e. The van der Waals surface area contributed by atoms with E-state index >= 15 is 0 Å². The minimum Gasteiger partial charge on any atom is -0.406 e. The van der Waals surface area contributed by atoms with Crippen molar-refractivity contribution >= 4 is 29.0 Å². The van der Waals surface area contributed by atoms with E-state index in [4.69, 9.17) is 10.3 Å². The Labute approximate surface area is 337 Å². The van der Waals surface area contributed by atoms with Crippen LogP contribution in [0.3, 0.4) is 0 Å². The predicted octanol–water partition coefficient (Wildman–Crippen LogP) is 12.7. The van der Waals surface area contributed by atoms with E-state index in [0.717, 1.165) is 28.1 Å². The molecule has 0 aromatic heterocycles. The van der Waals surface area contributed by atoms with E-state index in [1.54, 1.807) is 27.6 Å². The quantitative estimate of drug-likeness (QED) is 0.0609. The fourth-order valence-electron chi connectivity index (χ4n) is 7.89. The summed E-state index contributed by atoms with van der Waals surface area (Å²) in [7, 11) is -3.79. The van der Waals surface area contributed by atoms with Gasteiger partial charge in [-0.2, -0.15) is 8.42 Å². The topological polar surface area (TPSA) is 80.4 Å². The van der Waals surface area contributed by atoms with Crippen molar-refractivity contribution in [1.82, 2.24) is 0 Å². The van der Waals surface area contributed by atoms with Gasteiger partial charge in [-0.05, 0) is 99.6 Å². The minimum atomic E-state index is -3.67. The van der Waals surface area contributed by atoms with E-state index in [0.29, 0.717) is 24.0 Å². The normalized spacial score (nSPS) is 15.4. The Morgan fingerprint density at radius 2 is 1.13 bits per heavy atom. The molecule has 6 rings (SSSR count). The van der Waals surface area contributed by atoms with Crippen LogP contribution in [-0.2, 0) is 30.5 Å². The van der Waals surface area contributed by atoms with Gasteiger partial charge in [0.15, 0.2) is 0 Å². The Morgan fingerprint density at radius 3 is 1.57 bits per heavy atom. The second-order valence-electron chi connectivity index (χ2n) is 15.6. The number of rotatable bonds is 8. The average molecular weight is 847 g/mol. The number of anilines is 1. The van der Waals surface area contributed by atoms with E-state index in [2.05, 4.69) is 84.0 Å². The molecule has 4 aromatic carbocycles. The van der Waals surface area contributed by atoms with Crippen molar-refractivity contribution in [3.8, 4) is 22.3 Å². The van der Waals surface area contributed by atoms with Gasteiger partial charge >= 0.3 is 0 Å². The third-order valence-electron chi connectivity index (χ3n) is 10.5. The van der Waals surface area contributed by atoms with Crippen LogP contribution in [0.2, 0.25) is 0 Å². The van der Waals surface area contributed by atoms with Gasteiger partial charge in [-0.25, -0.2) is 0 Å². The Bertz CT molecular complexity index is 1740. The van der Waals surface area contributed by atoms with Crippen LogP contribution in [-0.4, -0.2) is 30.5 Å². The van der Waals surface area contributed by atoms with Gasteiger partial charge in [0.25, 0.3) is 10.1 Å². The molecule has 0 aliphatic heterocycles. The smallest absolute Gasteiger partial charge is 0.261 e. The van der Waals surface area contributed by atoms with E-state index < -0.39 is 10.1 Å². The summed E-state index contributed by atoms with van der Waals surface area (Å²) in [5.74, 6) is 1.64.